The van der Waals surface area contributed by atoms with E-state index in [1.165, 1.54) is 6.08 Å². The first-order chi connectivity index (χ1) is 11.6. The summed E-state index contributed by atoms with van der Waals surface area (Å²) in [5.74, 6) is -0.0641. The van der Waals surface area contributed by atoms with Gasteiger partial charge in [0.15, 0.2) is 0 Å². The third-order valence-corrected chi connectivity index (χ3v) is 3.54. The standard InChI is InChI=1S/C18H16N4O2/c1-12-8-15(3-4-17(12)23)22-18(24)5-2-13-9-19-7-6-16(13)14-10-20-21-11-14/h2-11,23H,1H3,(H,20,21)(H,22,24)/b5-2+. The minimum Gasteiger partial charge on any atom is -0.508 e. The molecule has 0 saturated carbocycles. The van der Waals surface area contributed by atoms with Gasteiger partial charge in [0.25, 0.3) is 0 Å². The van der Waals surface area contributed by atoms with Gasteiger partial charge in [-0.2, -0.15) is 5.10 Å². The average molecular weight is 320 g/mol. The maximum Gasteiger partial charge on any atom is 0.248 e. The molecule has 1 aromatic carbocycles. The lowest BCUT2D eigenvalue weighted by Crippen LogP contribution is -2.07. The van der Waals surface area contributed by atoms with Crippen LogP contribution in [0.2, 0.25) is 0 Å². The van der Waals surface area contributed by atoms with Crippen LogP contribution in [0.3, 0.4) is 0 Å². The molecular formula is C18H16N4O2. The Kier molecular flexibility index (Phi) is 4.38. The molecule has 0 fully saturated rings. The molecule has 0 aliphatic heterocycles. The number of aryl methyl sites for hydroxylation is 1. The molecule has 6 nitrogen and oxygen atoms in total. The Morgan fingerprint density at radius 1 is 1.29 bits per heavy atom. The number of nitrogens with zero attached hydrogens (tertiary/aromatic N) is 2. The summed E-state index contributed by atoms with van der Waals surface area (Å²) < 4.78 is 0. The largest absolute Gasteiger partial charge is 0.508 e. The fraction of sp³-hybridized carbons (Fsp3) is 0.0556. The van der Waals surface area contributed by atoms with Gasteiger partial charge in [-0.05, 0) is 48.4 Å². The van der Waals surface area contributed by atoms with E-state index < -0.39 is 0 Å². The van der Waals surface area contributed by atoms with E-state index in [2.05, 4.69) is 20.5 Å². The summed E-state index contributed by atoms with van der Waals surface area (Å²) in [6, 6.07) is 6.77. The molecule has 0 bridgehead atoms. The number of nitrogens with one attached hydrogen (secondary N) is 2. The molecule has 2 heterocycles. The molecule has 0 aliphatic rings. The molecule has 120 valence electrons. The van der Waals surface area contributed by atoms with Crippen LogP contribution in [0.5, 0.6) is 5.75 Å². The highest BCUT2D eigenvalue weighted by Crippen LogP contribution is 2.23. The highest BCUT2D eigenvalue weighted by Gasteiger charge is 2.05. The van der Waals surface area contributed by atoms with Crippen molar-refractivity contribution in [3.8, 4) is 16.9 Å². The van der Waals surface area contributed by atoms with Crippen LogP contribution in [0, 0.1) is 6.92 Å². The third-order valence-electron chi connectivity index (χ3n) is 3.54. The van der Waals surface area contributed by atoms with Gasteiger partial charge in [-0.1, -0.05) is 0 Å². The number of aromatic hydroxyl groups is 1. The quantitative estimate of drug-likeness (QED) is 0.509. The fourth-order valence-electron chi connectivity index (χ4n) is 2.28. The van der Waals surface area contributed by atoms with Gasteiger partial charge < -0.3 is 10.4 Å². The monoisotopic (exact) mass is 320 g/mol. The maximum absolute atomic E-state index is 12.1. The van der Waals surface area contributed by atoms with Gasteiger partial charge in [-0.15, -0.1) is 0 Å². The number of benzene rings is 1. The van der Waals surface area contributed by atoms with Crippen LogP contribution in [0.4, 0.5) is 5.69 Å². The van der Waals surface area contributed by atoms with Gasteiger partial charge in [0, 0.05) is 41.5 Å². The van der Waals surface area contributed by atoms with Gasteiger partial charge in [0.1, 0.15) is 5.75 Å². The lowest BCUT2D eigenvalue weighted by Gasteiger charge is -2.05. The molecular weight excluding hydrogens is 304 g/mol. The number of anilines is 1. The van der Waals surface area contributed by atoms with E-state index in [0.29, 0.717) is 11.3 Å². The predicted molar refractivity (Wildman–Crippen MR) is 92.3 cm³/mol. The smallest absolute Gasteiger partial charge is 0.248 e. The van der Waals surface area contributed by atoms with E-state index in [1.807, 2.05) is 6.07 Å². The summed E-state index contributed by atoms with van der Waals surface area (Å²) >= 11 is 0. The van der Waals surface area contributed by atoms with Crippen LogP contribution in [-0.2, 0) is 4.79 Å². The molecule has 6 heteroatoms. The summed E-state index contributed by atoms with van der Waals surface area (Å²) in [6.45, 7) is 1.77. The number of aromatic amines is 1. The van der Waals surface area contributed by atoms with Crippen LogP contribution in [0.1, 0.15) is 11.1 Å². The van der Waals surface area contributed by atoms with Crippen molar-refractivity contribution in [2.45, 2.75) is 6.92 Å². The number of H-pyrrole nitrogens is 1. The van der Waals surface area contributed by atoms with Crippen LogP contribution in [-0.4, -0.2) is 26.2 Å². The second-order valence-electron chi connectivity index (χ2n) is 5.27. The van der Waals surface area contributed by atoms with Gasteiger partial charge in [0.05, 0.1) is 6.20 Å². The Morgan fingerprint density at radius 2 is 2.17 bits per heavy atom. The normalized spacial score (nSPS) is 10.9. The third kappa shape index (κ3) is 3.49. The maximum atomic E-state index is 12.1. The molecule has 0 atom stereocenters. The zero-order valence-corrected chi connectivity index (χ0v) is 13.0. The molecule has 24 heavy (non-hydrogen) atoms. The van der Waals surface area contributed by atoms with Crippen LogP contribution >= 0.6 is 0 Å². The Labute approximate surface area is 138 Å². The van der Waals surface area contributed by atoms with E-state index in [4.69, 9.17) is 0 Å². The minimum absolute atomic E-state index is 0.198. The average Bonchev–Trinajstić information content (AvgIpc) is 3.11. The number of phenolic OH excluding ortho intramolecular Hbond substituents is 1. The summed E-state index contributed by atoms with van der Waals surface area (Å²) in [4.78, 5) is 16.2. The number of carbonyl (C=O) groups is 1. The fourth-order valence-corrected chi connectivity index (χ4v) is 2.28. The first-order valence-corrected chi connectivity index (χ1v) is 7.35. The van der Waals surface area contributed by atoms with E-state index in [-0.39, 0.29) is 11.7 Å². The first-order valence-electron chi connectivity index (χ1n) is 7.35. The number of phenols is 1. The summed E-state index contributed by atoms with van der Waals surface area (Å²) in [7, 11) is 0. The highest BCUT2D eigenvalue weighted by atomic mass is 16.3. The number of amides is 1. The highest BCUT2D eigenvalue weighted by molar-refractivity contribution is 6.02. The van der Waals surface area contributed by atoms with Crippen molar-refractivity contribution in [1.82, 2.24) is 15.2 Å². The molecule has 0 radical (unpaired) electrons. The molecule has 1 amide bonds. The molecule has 0 unspecified atom stereocenters. The predicted octanol–water partition coefficient (Wildman–Crippen LogP) is 3.14. The van der Waals surface area contributed by atoms with Gasteiger partial charge in [-0.25, -0.2) is 0 Å². The zero-order chi connectivity index (χ0) is 16.9. The van der Waals surface area contributed by atoms with Crippen LogP contribution < -0.4 is 5.32 Å². The van der Waals surface area contributed by atoms with E-state index >= 15 is 0 Å². The van der Waals surface area contributed by atoms with Crippen molar-refractivity contribution >= 4 is 17.7 Å². The Morgan fingerprint density at radius 3 is 2.92 bits per heavy atom. The number of hydrogen-bond acceptors (Lipinski definition) is 4. The van der Waals surface area contributed by atoms with Crippen molar-refractivity contribution < 1.29 is 9.90 Å². The molecule has 3 aromatic rings. The van der Waals surface area contributed by atoms with Crippen LogP contribution in [0.25, 0.3) is 17.2 Å². The van der Waals surface area contributed by atoms with Crippen molar-refractivity contribution in [2.24, 2.45) is 0 Å². The van der Waals surface area contributed by atoms with E-state index in [9.17, 15) is 9.90 Å². The van der Waals surface area contributed by atoms with Gasteiger partial charge in [0.2, 0.25) is 5.91 Å². The van der Waals surface area contributed by atoms with Gasteiger partial charge >= 0.3 is 0 Å². The second-order valence-corrected chi connectivity index (χ2v) is 5.27. The first kappa shape index (κ1) is 15.5. The Balaban J connectivity index is 1.76. The number of hydrogen-bond donors (Lipinski definition) is 3. The Hall–Kier alpha value is -3.41. The number of pyridine rings is 1. The minimum atomic E-state index is -0.262. The van der Waals surface area contributed by atoms with Crippen molar-refractivity contribution in [3.63, 3.8) is 0 Å². The number of rotatable bonds is 4. The summed E-state index contributed by atoms with van der Waals surface area (Å²) in [6.07, 6.45) is 10.0. The topological polar surface area (TPSA) is 90.9 Å². The lowest BCUT2D eigenvalue weighted by molar-refractivity contribution is -0.111. The number of aromatic nitrogens is 3. The SMILES string of the molecule is Cc1cc(NC(=O)/C=C/c2cnccc2-c2cn[nH]c2)ccc1O. The molecule has 0 aliphatic carbocycles. The molecule has 3 rings (SSSR count). The Bertz CT molecular complexity index is 886. The van der Waals surface area contributed by atoms with Gasteiger partial charge in [-0.3, -0.25) is 14.9 Å². The lowest BCUT2D eigenvalue weighted by atomic mass is 10.0. The number of carbonyl (C=O) groups excluding carboxylic acids is 1. The zero-order valence-electron chi connectivity index (χ0n) is 13.0. The summed E-state index contributed by atoms with van der Waals surface area (Å²) in [5, 5.41) is 19.0. The summed E-state index contributed by atoms with van der Waals surface area (Å²) in [5.41, 5.74) is 4.00. The van der Waals surface area contributed by atoms with Crippen LogP contribution in [0.15, 0.2) is 55.1 Å². The molecule has 0 spiro atoms. The van der Waals surface area contributed by atoms with Crippen molar-refractivity contribution in [1.29, 1.82) is 0 Å². The second kappa shape index (κ2) is 6.78. The molecule has 0 saturated heterocycles. The van der Waals surface area contributed by atoms with Crippen molar-refractivity contribution in [3.05, 3.63) is 66.3 Å². The van der Waals surface area contributed by atoms with E-state index in [0.717, 1.165) is 16.7 Å². The van der Waals surface area contributed by atoms with Crippen molar-refractivity contribution in [2.75, 3.05) is 5.32 Å². The molecule has 3 N–H and O–H groups in total. The molecule has 2 aromatic heterocycles. The van der Waals surface area contributed by atoms with E-state index in [1.54, 1.807) is 56.0 Å².